The van der Waals surface area contributed by atoms with Gasteiger partial charge in [0.25, 0.3) is 0 Å². The van der Waals surface area contributed by atoms with Crippen LogP contribution in [0, 0.1) is 5.41 Å². The monoisotopic (exact) mass is 286 g/mol. The van der Waals surface area contributed by atoms with Crippen LogP contribution in [0.1, 0.15) is 68.9 Å². The molecular formula is C19H26O2. The van der Waals surface area contributed by atoms with E-state index in [0.717, 1.165) is 43.6 Å². The fraction of sp³-hybridized carbons (Fsp3) is 0.684. The van der Waals surface area contributed by atoms with E-state index in [-0.39, 0.29) is 0 Å². The number of aryl methyl sites for hydroxylation is 1. The summed E-state index contributed by atoms with van der Waals surface area (Å²) in [7, 11) is 0. The number of aliphatic hydroxyl groups is 1. The Bertz CT molecular complexity index is 518. The van der Waals surface area contributed by atoms with E-state index >= 15 is 0 Å². The smallest absolute Gasteiger partial charge is 0.128 e. The van der Waals surface area contributed by atoms with Crippen LogP contribution in [0.15, 0.2) is 18.2 Å². The molecule has 0 unspecified atom stereocenters. The Hall–Kier alpha value is -1.02. The summed E-state index contributed by atoms with van der Waals surface area (Å²) < 4.78 is 5.93. The van der Waals surface area contributed by atoms with Crippen molar-refractivity contribution in [3.05, 3.63) is 29.3 Å². The number of fused-ring (bicyclic) bond motifs is 1. The molecule has 1 aliphatic heterocycles. The quantitative estimate of drug-likeness (QED) is 0.832. The van der Waals surface area contributed by atoms with Gasteiger partial charge in [-0.05, 0) is 62.3 Å². The average Bonchev–Trinajstić information content (AvgIpc) is 2.99. The Morgan fingerprint density at radius 1 is 0.905 bits per heavy atom. The van der Waals surface area contributed by atoms with Gasteiger partial charge < -0.3 is 9.84 Å². The topological polar surface area (TPSA) is 29.5 Å². The SMILES string of the molecule is OC1(c2cccc3c2OCCC3)CCC2(CCCC2)CC1. The van der Waals surface area contributed by atoms with E-state index in [1.54, 1.807) is 0 Å². The lowest BCUT2D eigenvalue weighted by atomic mass is 9.65. The third kappa shape index (κ3) is 2.28. The highest BCUT2D eigenvalue weighted by atomic mass is 16.5. The summed E-state index contributed by atoms with van der Waals surface area (Å²) in [5.41, 5.74) is 2.25. The Morgan fingerprint density at radius 2 is 1.67 bits per heavy atom. The summed E-state index contributed by atoms with van der Waals surface area (Å²) in [4.78, 5) is 0. The summed E-state index contributed by atoms with van der Waals surface area (Å²) in [6.07, 6.45) is 11.9. The summed E-state index contributed by atoms with van der Waals surface area (Å²) in [5, 5.41) is 11.3. The maximum Gasteiger partial charge on any atom is 0.128 e. The standard InChI is InChI=1S/C19H26O2/c20-19(12-10-18(11-13-19)8-1-2-9-18)16-7-3-5-15-6-4-14-21-17(15)16/h3,5,7,20H,1-2,4,6,8-14H2. The fourth-order valence-electron chi connectivity index (χ4n) is 4.84. The third-order valence-electron chi connectivity index (χ3n) is 6.24. The first-order chi connectivity index (χ1) is 10.2. The van der Waals surface area contributed by atoms with Crippen LogP contribution in [0.5, 0.6) is 5.75 Å². The first kappa shape index (κ1) is 13.6. The van der Waals surface area contributed by atoms with Crippen LogP contribution in [-0.2, 0) is 12.0 Å². The fourth-order valence-corrected chi connectivity index (χ4v) is 4.84. The highest BCUT2D eigenvalue weighted by Gasteiger charge is 2.45. The number of para-hydroxylation sites is 1. The minimum atomic E-state index is -0.656. The van der Waals surface area contributed by atoms with Gasteiger partial charge in [-0.1, -0.05) is 31.0 Å². The van der Waals surface area contributed by atoms with Gasteiger partial charge in [-0.2, -0.15) is 0 Å². The number of benzene rings is 1. The molecule has 0 atom stereocenters. The predicted octanol–water partition coefficient (Wildman–Crippen LogP) is 4.33. The molecule has 1 spiro atoms. The maximum absolute atomic E-state index is 11.3. The Kier molecular flexibility index (Phi) is 3.25. The van der Waals surface area contributed by atoms with Crippen molar-refractivity contribution in [1.29, 1.82) is 0 Å². The van der Waals surface area contributed by atoms with Crippen molar-refractivity contribution < 1.29 is 9.84 Å². The van der Waals surface area contributed by atoms with Gasteiger partial charge in [-0.25, -0.2) is 0 Å². The summed E-state index contributed by atoms with van der Waals surface area (Å²) in [5.74, 6) is 0.994. The molecule has 0 amide bonds. The van der Waals surface area contributed by atoms with Crippen LogP contribution in [0.25, 0.3) is 0 Å². The maximum atomic E-state index is 11.3. The molecule has 2 aliphatic carbocycles. The molecule has 2 heteroatoms. The van der Waals surface area contributed by atoms with Crippen molar-refractivity contribution in [2.75, 3.05) is 6.61 Å². The highest BCUT2D eigenvalue weighted by molar-refractivity contribution is 5.46. The largest absolute Gasteiger partial charge is 0.493 e. The highest BCUT2D eigenvalue weighted by Crippen LogP contribution is 2.54. The van der Waals surface area contributed by atoms with Gasteiger partial charge >= 0.3 is 0 Å². The number of hydrogen-bond acceptors (Lipinski definition) is 2. The summed E-state index contributed by atoms with van der Waals surface area (Å²) in [6, 6.07) is 6.35. The van der Waals surface area contributed by atoms with Gasteiger partial charge in [0.05, 0.1) is 12.2 Å². The lowest BCUT2D eigenvalue weighted by molar-refractivity contribution is -0.0396. The van der Waals surface area contributed by atoms with Crippen LogP contribution < -0.4 is 4.74 Å². The van der Waals surface area contributed by atoms with Crippen LogP contribution in [0.3, 0.4) is 0 Å². The van der Waals surface area contributed by atoms with E-state index in [1.165, 1.54) is 44.1 Å². The minimum Gasteiger partial charge on any atom is -0.493 e. The lowest BCUT2D eigenvalue weighted by Gasteiger charge is -2.43. The minimum absolute atomic E-state index is 0.557. The van der Waals surface area contributed by atoms with Gasteiger partial charge in [0, 0.05) is 5.56 Å². The van der Waals surface area contributed by atoms with Crippen molar-refractivity contribution in [1.82, 2.24) is 0 Å². The van der Waals surface area contributed by atoms with E-state index in [1.807, 2.05) is 0 Å². The zero-order chi connectivity index (χ0) is 14.3. The molecule has 2 saturated carbocycles. The zero-order valence-electron chi connectivity index (χ0n) is 12.9. The van der Waals surface area contributed by atoms with E-state index in [4.69, 9.17) is 4.74 Å². The Balaban J connectivity index is 1.61. The lowest BCUT2D eigenvalue weighted by Crippen LogP contribution is -2.36. The molecule has 2 fully saturated rings. The van der Waals surface area contributed by atoms with E-state index in [0.29, 0.717) is 5.41 Å². The predicted molar refractivity (Wildman–Crippen MR) is 83.5 cm³/mol. The van der Waals surface area contributed by atoms with E-state index in [2.05, 4.69) is 18.2 Å². The molecule has 2 nitrogen and oxygen atoms in total. The summed E-state index contributed by atoms with van der Waals surface area (Å²) >= 11 is 0. The van der Waals surface area contributed by atoms with Gasteiger partial charge in [0.1, 0.15) is 5.75 Å². The first-order valence-corrected chi connectivity index (χ1v) is 8.69. The molecule has 0 radical (unpaired) electrons. The number of hydrogen-bond donors (Lipinski definition) is 1. The molecule has 4 rings (SSSR count). The Morgan fingerprint density at radius 3 is 2.43 bits per heavy atom. The third-order valence-corrected chi connectivity index (χ3v) is 6.24. The van der Waals surface area contributed by atoms with Crippen LogP contribution in [0.4, 0.5) is 0 Å². The molecule has 1 heterocycles. The van der Waals surface area contributed by atoms with Crippen LogP contribution >= 0.6 is 0 Å². The zero-order valence-corrected chi connectivity index (χ0v) is 12.9. The second-order valence-corrected chi connectivity index (χ2v) is 7.48. The van der Waals surface area contributed by atoms with E-state index < -0.39 is 5.60 Å². The number of rotatable bonds is 1. The van der Waals surface area contributed by atoms with Crippen molar-refractivity contribution in [2.24, 2.45) is 5.41 Å². The van der Waals surface area contributed by atoms with Crippen molar-refractivity contribution in [3.8, 4) is 5.75 Å². The first-order valence-electron chi connectivity index (χ1n) is 8.69. The molecule has 114 valence electrons. The van der Waals surface area contributed by atoms with Gasteiger partial charge in [-0.15, -0.1) is 0 Å². The van der Waals surface area contributed by atoms with Crippen LogP contribution in [-0.4, -0.2) is 11.7 Å². The molecule has 0 aromatic heterocycles. The summed E-state index contributed by atoms with van der Waals surface area (Å²) in [6.45, 7) is 0.796. The van der Waals surface area contributed by atoms with E-state index in [9.17, 15) is 5.11 Å². The molecular weight excluding hydrogens is 260 g/mol. The van der Waals surface area contributed by atoms with Crippen LogP contribution in [0.2, 0.25) is 0 Å². The molecule has 21 heavy (non-hydrogen) atoms. The second-order valence-electron chi connectivity index (χ2n) is 7.48. The average molecular weight is 286 g/mol. The van der Waals surface area contributed by atoms with Gasteiger partial charge in [-0.3, -0.25) is 0 Å². The molecule has 1 N–H and O–H groups in total. The van der Waals surface area contributed by atoms with Gasteiger partial charge in [0.2, 0.25) is 0 Å². The Labute approximate surface area is 127 Å². The molecule has 0 saturated heterocycles. The second kappa shape index (κ2) is 5.01. The van der Waals surface area contributed by atoms with Crippen molar-refractivity contribution >= 4 is 0 Å². The van der Waals surface area contributed by atoms with Crippen molar-refractivity contribution in [2.45, 2.75) is 69.8 Å². The molecule has 1 aromatic carbocycles. The molecule has 1 aromatic rings. The van der Waals surface area contributed by atoms with Crippen molar-refractivity contribution in [3.63, 3.8) is 0 Å². The molecule has 3 aliphatic rings. The number of ether oxygens (including phenoxy) is 1. The normalized spacial score (nSPS) is 26.3. The van der Waals surface area contributed by atoms with Gasteiger partial charge in [0.15, 0.2) is 0 Å². The molecule has 0 bridgehead atoms.